The molecule has 0 saturated heterocycles. The zero-order chi connectivity index (χ0) is 8.41. The van der Waals surface area contributed by atoms with Gasteiger partial charge < -0.3 is 21.7 Å². The average molecular weight is 150 g/mol. The number of hydrogen-bond donors (Lipinski definition) is 4. The van der Waals surface area contributed by atoms with E-state index in [2.05, 4.69) is 5.73 Å². The maximum atomic E-state index is 9.74. The first kappa shape index (κ1) is 12.1. The van der Waals surface area contributed by atoms with Crippen molar-refractivity contribution in [3.05, 3.63) is 0 Å². The highest BCUT2D eigenvalue weighted by molar-refractivity contribution is 5.73. The van der Waals surface area contributed by atoms with Gasteiger partial charge in [0.2, 0.25) is 5.91 Å². The number of primary amides is 1. The van der Waals surface area contributed by atoms with Gasteiger partial charge in [-0.05, 0) is 0 Å². The summed E-state index contributed by atoms with van der Waals surface area (Å²) in [5.41, 5.74) is 9.61. The lowest BCUT2D eigenvalue weighted by Crippen LogP contribution is -2.15. The Morgan fingerprint density at radius 2 is 1.70 bits per heavy atom. The molecule has 0 aromatic heterocycles. The number of aliphatic hydroxyl groups is 2. The molecule has 0 rings (SSSR count). The first-order valence-electron chi connectivity index (χ1n) is 2.89. The maximum absolute atomic E-state index is 9.74. The first-order chi connectivity index (χ1) is 4.68. The molecule has 0 unspecified atom stereocenters. The quantitative estimate of drug-likeness (QED) is 0.365. The molecule has 5 nitrogen and oxygen atoms in total. The van der Waals surface area contributed by atoms with Crippen LogP contribution < -0.4 is 11.5 Å². The highest BCUT2D eigenvalue weighted by Crippen LogP contribution is 1.63. The molecule has 0 radical (unpaired) electrons. The Balaban J connectivity index is 0. The third kappa shape index (κ3) is 26.4. The number of aliphatic hydroxyl groups excluding tert-OH is 2. The van der Waals surface area contributed by atoms with E-state index in [-0.39, 0.29) is 19.1 Å². The second kappa shape index (κ2) is 11.2. The van der Waals surface area contributed by atoms with Crippen LogP contribution >= 0.6 is 0 Å². The van der Waals surface area contributed by atoms with E-state index in [0.717, 1.165) is 0 Å². The van der Waals surface area contributed by atoms with Crippen LogP contribution in [0.4, 0.5) is 0 Å². The standard InChI is InChI=1S/C3H8N2O.C2H6O2/c4-2-1-3(5)6;3-1-2-4/h1-2,4H2,(H2,5,6);3-4H,1-2H2. The van der Waals surface area contributed by atoms with Gasteiger partial charge in [-0.15, -0.1) is 0 Å². The van der Waals surface area contributed by atoms with E-state index in [4.69, 9.17) is 15.9 Å². The fourth-order valence-electron chi connectivity index (χ4n) is 0.142. The molecule has 62 valence electrons. The van der Waals surface area contributed by atoms with Crippen molar-refractivity contribution in [3.8, 4) is 0 Å². The predicted octanol–water partition coefficient (Wildman–Crippen LogP) is -2.21. The lowest BCUT2D eigenvalue weighted by molar-refractivity contribution is -0.117. The van der Waals surface area contributed by atoms with Gasteiger partial charge in [-0.2, -0.15) is 0 Å². The lowest BCUT2D eigenvalue weighted by Gasteiger charge is -1.82. The van der Waals surface area contributed by atoms with Crippen molar-refractivity contribution in [3.63, 3.8) is 0 Å². The Morgan fingerprint density at radius 1 is 1.30 bits per heavy atom. The van der Waals surface area contributed by atoms with E-state index < -0.39 is 0 Å². The van der Waals surface area contributed by atoms with E-state index in [9.17, 15) is 4.79 Å². The van der Waals surface area contributed by atoms with Crippen LogP contribution in [0.5, 0.6) is 0 Å². The largest absolute Gasteiger partial charge is 0.394 e. The molecule has 0 atom stereocenters. The summed E-state index contributed by atoms with van der Waals surface area (Å²) >= 11 is 0. The van der Waals surface area contributed by atoms with Crippen LogP contribution in [0.25, 0.3) is 0 Å². The number of rotatable bonds is 3. The summed E-state index contributed by atoms with van der Waals surface area (Å²) in [6, 6.07) is 0. The number of hydrogen-bond acceptors (Lipinski definition) is 4. The molecular weight excluding hydrogens is 136 g/mol. The average Bonchev–Trinajstić information content (AvgIpc) is 1.89. The van der Waals surface area contributed by atoms with Gasteiger partial charge in [-0.25, -0.2) is 0 Å². The second-order valence-electron chi connectivity index (χ2n) is 1.45. The van der Waals surface area contributed by atoms with Crippen LogP contribution in [0.15, 0.2) is 0 Å². The van der Waals surface area contributed by atoms with Gasteiger partial charge in [-0.3, -0.25) is 4.79 Å². The minimum Gasteiger partial charge on any atom is -0.394 e. The van der Waals surface area contributed by atoms with Crippen molar-refractivity contribution in [2.75, 3.05) is 19.8 Å². The van der Waals surface area contributed by atoms with Gasteiger partial charge in [0.15, 0.2) is 0 Å². The molecule has 0 aliphatic rings. The van der Waals surface area contributed by atoms with Crippen LogP contribution in [0.3, 0.4) is 0 Å². The smallest absolute Gasteiger partial charge is 0.218 e. The molecule has 0 aliphatic heterocycles. The molecule has 10 heavy (non-hydrogen) atoms. The number of carbonyl (C=O) groups excluding carboxylic acids is 1. The summed E-state index contributed by atoms with van der Waals surface area (Å²) in [6.07, 6.45) is 0.292. The molecule has 0 aromatic carbocycles. The molecule has 0 aliphatic carbocycles. The molecule has 0 spiro atoms. The Kier molecular flexibility index (Phi) is 13.5. The zero-order valence-corrected chi connectivity index (χ0v) is 5.79. The van der Waals surface area contributed by atoms with Crippen molar-refractivity contribution in [2.24, 2.45) is 11.5 Å². The molecule has 6 N–H and O–H groups in total. The SMILES string of the molecule is NCCC(N)=O.OCCO. The molecule has 0 fully saturated rings. The Bertz CT molecular complexity index is 75.3. The van der Waals surface area contributed by atoms with Crippen molar-refractivity contribution >= 4 is 5.91 Å². The molecule has 1 amide bonds. The number of carbonyl (C=O) groups is 1. The van der Waals surface area contributed by atoms with E-state index in [1.165, 1.54) is 0 Å². The highest BCUT2D eigenvalue weighted by atomic mass is 16.3. The van der Waals surface area contributed by atoms with Crippen molar-refractivity contribution in [1.29, 1.82) is 0 Å². The molecule has 0 bridgehead atoms. The Labute approximate surface area is 59.6 Å². The zero-order valence-electron chi connectivity index (χ0n) is 5.79. The van der Waals surface area contributed by atoms with E-state index >= 15 is 0 Å². The minimum atomic E-state index is -0.336. The number of amides is 1. The van der Waals surface area contributed by atoms with E-state index in [0.29, 0.717) is 13.0 Å². The minimum absolute atomic E-state index is 0.125. The fourth-order valence-corrected chi connectivity index (χ4v) is 0.142. The Morgan fingerprint density at radius 3 is 1.70 bits per heavy atom. The predicted molar refractivity (Wildman–Crippen MR) is 37.0 cm³/mol. The number of nitrogens with two attached hydrogens (primary N) is 2. The van der Waals surface area contributed by atoms with Gasteiger partial charge in [0, 0.05) is 13.0 Å². The molecule has 5 heteroatoms. The van der Waals surface area contributed by atoms with Gasteiger partial charge >= 0.3 is 0 Å². The fraction of sp³-hybridized carbons (Fsp3) is 0.800. The monoisotopic (exact) mass is 150 g/mol. The third-order valence-corrected chi connectivity index (χ3v) is 0.491. The highest BCUT2D eigenvalue weighted by Gasteiger charge is 1.84. The summed E-state index contributed by atoms with van der Waals surface area (Å²) in [7, 11) is 0. The summed E-state index contributed by atoms with van der Waals surface area (Å²) in [5.74, 6) is -0.336. The second-order valence-corrected chi connectivity index (χ2v) is 1.45. The molecule has 0 heterocycles. The normalized spacial score (nSPS) is 7.90. The topological polar surface area (TPSA) is 110 Å². The van der Waals surface area contributed by atoms with Gasteiger partial charge in [0.1, 0.15) is 0 Å². The summed E-state index contributed by atoms with van der Waals surface area (Å²) in [5, 5.41) is 15.2. The summed E-state index contributed by atoms with van der Waals surface area (Å²) in [4.78, 5) is 9.74. The van der Waals surface area contributed by atoms with Gasteiger partial charge in [-0.1, -0.05) is 0 Å². The molecule has 0 aromatic rings. The van der Waals surface area contributed by atoms with Crippen molar-refractivity contribution in [2.45, 2.75) is 6.42 Å². The maximum Gasteiger partial charge on any atom is 0.218 e. The van der Waals surface area contributed by atoms with Crippen LogP contribution in [-0.2, 0) is 4.79 Å². The van der Waals surface area contributed by atoms with Crippen LogP contribution in [0.1, 0.15) is 6.42 Å². The lowest BCUT2D eigenvalue weighted by atomic mass is 10.4. The van der Waals surface area contributed by atoms with E-state index in [1.807, 2.05) is 0 Å². The van der Waals surface area contributed by atoms with Crippen LogP contribution in [-0.4, -0.2) is 35.9 Å². The van der Waals surface area contributed by atoms with Gasteiger partial charge in [0.25, 0.3) is 0 Å². The van der Waals surface area contributed by atoms with E-state index in [1.54, 1.807) is 0 Å². The van der Waals surface area contributed by atoms with Crippen molar-refractivity contribution < 1.29 is 15.0 Å². The van der Waals surface area contributed by atoms with Crippen LogP contribution in [0.2, 0.25) is 0 Å². The first-order valence-corrected chi connectivity index (χ1v) is 2.89. The molecule has 0 saturated carbocycles. The van der Waals surface area contributed by atoms with Crippen LogP contribution in [0, 0.1) is 0 Å². The van der Waals surface area contributed by atoms with Gasteiger partial charge in [0.05, 0.1) is 13.2 Å². The summed E-state index contributed by atoms with van der Waals surface area (Å²) < 4.78 is 0. The third-order valence-electron chi connectivity index (χ3n) is 0.491. The Hall–Kier alpha value is -0.650. The van der Waals surface area contributed by atoms with Crippen molar-refractivity contribution in [1.82, 2.24) is 0 Å². The molecular formula is C5H14N2O3. The summed E-state index contributed by atoms with van der Waals surface area (Å²) in [6.45, 7) is 0.106.